The lowest BCUT2D eigenvalue weighted by Gasteiger charge is -2.18. The molecule has 1 saturated carbocycles. The number of carboxylic acid groups (broad SMARTS) is 1. The average Bonchev–Trinajstić information content (AvgIpc) is 3.15. The summed E-state index contributed by atoms with van der Waals surface area (Å²) in [4.78, 5) is 33.4. The van der Waals surface area contributed by atoms with E-state index in [-0.39, 0.29) is 17.4 Å². The van der Waals surface area contributed by atoms with Crippen molar-refractivity contribution in [3.63, 3.8) is 0 Å². The van der Waals surface area contributed by atoms with Gasteiger partial charge in [0.1, 0.15) is 5.69 Å². The van der Waals surface area contributed by atoms with E-state index < -0.39 is 28.8 Å². The fourth-order valence-electron chi connectivity index (χ4n) is 2.02. The summed E-state index contributed by atoms with van der Waals surface area (Å²) in [5.74, 6) is -2.24. The van der Waals surface area contributed by atoms with E-state index in [1.807, 2.05) is 0 Å². The zero-order chi connectivity index (χ0) is 15.7. The minimum absolute atomic E-state index is 0.117. The molecule has 0 aliphatic heterocycles. The van der Waals surface area contributed by atoms with Crippen LogP contribution in [-0.4, -0.2) is 32.5 Å². The molecule has 2 atom stereocenters. The second kappa shape index (κ2) is 5.55. The third-order valence-electron chi connectivity index (χ3n) is 3.72. The molecule has 8 heteroatoms. The van der Waals surface area contributed by atoms with E-state index in [1.165, 1.54) is 19.2 Å². The molecule has 2 rings (SSSR count). The van der Waals surface area contributed by atoms with Gasteiger partial charge in [-0.25, -0.2) is 0 Å². The highest BCUT2D eigenvalue weighted by molar-refractivity contribution is 5.94. The first kappa shape index (κ1) is 15.0. The van der Waals surface area contributed by atoms with Gasteiger partial charge in [0.2, 0.25) is 0 Å². The molecule has 8 nitrogen and oxygen atoms in total. The van der Waals surface area contributed by atoms with Gasteiger partial charge in [-0.3, -0.25) is 19.7 Å². The summed E-state index contributed by atoms with van der Waals surface area (Å²) in [5.41, 5.74) is 0.0691. The molecule has 1 aromatic heterocycles. The first-order valence-corrected chi connectivity index (χ1v) is 6.71. The minimum Gasteiger partial charge on any atom is -0.481 e. The van der Waals surface area contributed by atoms with Crippen molar-refractivity contribution in [3.8, 4) is 0 Å². The van der Waals surface area contributed by atoms with E-state index >= 15 is 0 Å². The average molecular weight is 295 g/mol. The van der Waals surface area contributed by atoms with Crippen LogP contribution in [0.1, 0.15) is 43.2 Å². The van der Waals surface area contributed by atoms with Gasteiger partial charge in [-0.2, -0.15) is 0 Å². The molecular formula is C13H17N3O5. The number of aromatic nitrogens is 1. The number of nitrogens with zero attached hydrogens (tertiary/aromatic N) is 2. The molecule has 1 aliphatic rings. The van der Waals surface area contributed by atoms with Gasteiger partial charge in [0, 0.05) is 18.2 Å². The summed E-state index contributed by atoms with van der Waals surface area (Å²) in [6.07, 6.45) is 3.12. The number of rotatable bonds is 6. The van der Waals surface area contributed by atoms with Crippen molar-refractivity contribution < 1.29 is 19.6 Å². The van der Waals surface area contributed by atoms with Crippen LogP contribution in [0.4, 0.5) is 5.69 Å². The predicted octanol–water partition coefficient (Wildman–Crippen LogP) is 1.57. The van der Waals surface area contributed by atoms with E-state index in [0.717, 1.165) is 12.8 Å². The van der Waals surface area contributed by atoms with Crippen LogP contribution in [0.3, 0.4) is 0 Å². The monoisotopic (exact) mass is 295 g/mol. The Morgan fingerprint density at radius 3 is 2.57 bits per heavy atom. The number of carbonyl (C=O) groups excluding carboxylic acids is 1. The Hall–Kier alpha value is -2.38. The van der Waals surface area contributed by atoms with E-state index in [1.54, 1.807) is 11.5 Å². The Balaban J connectivity index is 2.18. The maximum atomic E-state index is 12.2. The molecule has 0 bridgehead atoms. The fraction of sp³-hybridized carbons (Fsp3) is 0.538. The Morgan fingerprint density at radius 1 is 1.48 bits per heavy atom. The normalized spacial score (nSPS) is 17.0. The molecule has 2 unspecified atom stereocenters. The Morgan fingerprint density at radius 2 is 2.10 bits per heavy atom. The summed E-state index contributed by atoms with van der Waals surface area (Å²) in [6, 6.07) is 0.773. The molecule has 2 N–H and O–H groups in total. The number of hydrogen-bond donors (Lipinski definition) is 2. The number of amides is 1. The summed E-state index contributed by atoms with van der Waals surface area (Å²) < 4.78 is 1.60. The van der Waals surface area contributed by atoms with Crippen molar-refractivity contribution in [1.29, 1.82) is 0 Å². The number of hydrogen-bond acceptors (Lipinski definition) is 4. The van der Waals surface area contributed by atoms with Gasteiger partial charge in [0.05, 0.1) is 17.0 Å². The highest BCUT2D eigenvalue weighted by Crippen LogP contribution is 2.37. The molecule has 0 spiro atoms. The lowest BCUT2D eigenvalue weighted by Crippen LogP contribution is -2.40. The van der Waals surface area contributed by atoms with Crippen LogP contribution in [0.25, 0.3) is 0 Å². The van der Waals surface area contributed by atoms with Gasteiger partial charge in [0.25, 0.3) is 11.6 Å². The van der Waals surface area contributed by atoms with Crippen LogP contribution >= 0.6 is 0 Å². The van der Waals surface area contributed by atoms with Crippen molar-refractivity contribution >= 4 is 17.6 Å². The van der Waals surface area contributed by atoms with Gasteiger partial charge in [-0.1, -0.05) is 0 Å². The third-order valence-corrected chi connectivity index (χ3v) is 3.72. The van der Waals surface area contributed by atoms with Crippen LogP contribution in [0.5, 0.6) is 0 Å². The number of aliphatic carboxylic acids is 1. The smallest absolute Gasteiger partial charge is 0.308 e. The van der Waals surface area contributed by atoms with Crippen LogP contribution < -0.4 is 5.32 Å². The largest absolute Gasteiger partial charge is 0.481 e. The zero-order valence-corrected chi connectivity index (χ0v) is 11.8. The van der Waals surface area contributed by atoms with Gasteiger partial charge < -0.3 is 15.0 Å². The Labute approximate surface area is 120 Å². The first-order chi connectivity index (χ1) is 9.81. The van der Waals surface area contributed by atoms with Crippen molar-refractivity contribution in [1.82, 2.24) is 9.88 Å². The number of carbonyl (C=O) groups is 2. The number of nitrogens with one attached hydrogen (secondary N) is 1. The van der Waals surface area contributed by atoms with Gasteiger partial charge in [-0.15, -0.1) is 0 Å². The molecule has 1 amide bonds. The highest BCUT2D eigenvalue weighted by atomic mass is 16.6. The lowest BCUT2D eigenvalue weighted by molar-refractivity contribution is -0.384. The van der Waals surface area contributed by atoms with Gasteiger partial charge >= 0.3 is 5.97 Å². The summed E-state index contributed by atoms with van der Waals surface area (Å²) in [7, 11) is 0. The first-order valence-electron chi connectivity index (χ1n) is 6.71. The second-order valence-electron chi connectivity index (χ2n) is 5.37. The van der Waals surface area contributed by atoms with E-state index in [0.29, 0.717) is 0 Å². The molecule has 0 saturated heterocycles. The topological polar surface area (TPSA) is 114 Å². The molecule has 0 radical (unpaired) electrons. The number of nitro groups is 1. The minimum atomic E-state index is -1.01. The molecule has 1 aromatic rings. The predicted molar refractivity (Wildman–Crippen MR) is 73.1 cm³/mol. The second-order valence-corrected chi connectivity index (χ2v) is 5.37. The van der Waals surface area contributed by atoms with Crippen molar-refractivity contribution in [2.45, 2.75) is 38.8 Å². The molecule has 1 aliphatic carbocycles. The third kappa shape index (κ3) is 3.21. The van der Waals surface area contributed by atoms with Crippen molar-refractivity contribution in [2.24, 2.45) is 5.92 Å². The summed E-state index contributed by atoms with van der Waals surface area (Å²) in [5, 5.41) is 22.3. The lowest BCUT2D eigenvalue weighted by atomic mass is 10.0. The maximum absolute atomic E-state index is 12.2. The molecule has 114 valence electrons. The van der Waals surface area contributed by atoms with E-state index in [9.17, 15) is 19.7 Å². The molecular weight excluding hydrogens is 278 g/mol. The molecule has 1 fully saturated rings. The number of carboxylic acids is 1. The van der Waals surface area contributed by atoms with Crippen molar-refractivity contribution in [2.75, 3.05) is 0 Å². The summed E-state index contributed by atoms with van der Waals surface area (Å²) in [6.45, 7) is 3.09. The fourth-order valence-corrected chi connectivity index (χ4v) is 2.02. The maximum Gasteiger partial charge on any atom is 0.308 e. The van der Waals surface area contributed by atoms with Crippen molar-refractivity contribution in [3.05, 3.63) is 28.1 Å². The quantitative estimate of drug-likeness (QED) is 0.610. The molecule has 0 aromatic carbocycles. The van der Waals surface area contributed by atoms with E-state index in [4.69, 9.17) is 5.11 Å². The molecule has 1 heterocycles. The highest BCUT2D eigenvalue weighted by Gasteiger charge is 2.31. The summed E-state index contributed by atoms with van der Waals surface area (Å²) >= 11 is 0. The SMILES string of the molecule is CC(NC(=O)c1cc([N+](=O)[O-])cn1C1CC1)C(C)C(=O)O. The van der Waals surface area contributed by atoms with Crippen LogP contribution in [0.15, 0.2) is 12.3 Å². The Bertz CT molecular complexity index is 591. The van der Waals surface area contributed by atoms with Gasteiger partial charge in [0.15, 0.2) is 0 Å². The van der Waals surface area contributed by atoms with Crippen LogP contribution in [-0.2, 0) is 4.79 Å². The van der Waals surface area contributed by atoms with Crippen LogP contribution in [0.2, 0.25) is 0 Å². The standard InChI is InChI=1S/C13H17N3O5/c1-7(13(18)19)8(2)14-12(17)11-5-10(16(20)21)6-15(11)9-3-4-9/h5-9H,3-4H2,1-2H3,(H,14,17)(H,18,19). The Kier molecular flexibility index (Phi) is 3.97. The zero-order valence-electron chi connectivity index (χ0n) is 11.8. The van der Waals surface area contributed by atoms with E-state index in [2.05, 4.69) is 5.32 Å². The van der Waals surface area contributed by atoms with Gasteiger partial charge in [-0.05, 0) is 26.7 Å². The van der Waals surface area contributed by atoms with Crippen LogP contribution in [0, 0.1) is 16.0 Å². The molecule has 21 heavy (non-hydrogen) atoms.